The summed E-state index contributed by atoms with van der Waals surface area (Å²) in [4.78, 5) is 16.9. The summed E-state index contributed by atoms with van der Waals surface area (Å²) in [6.07, 6.45) is 2.38. The summed E-state index contributed by atoms with van der Waals surface area (Å²) in [6.45, 7) is -0.247. The first-order valence-electron chi connectivity index (χ1n) is 6.89. The minimum atomic E-state index is -0.382. The Hall–Kier alpha value is -2.12. The number of oxime groups is 1. The average Bonchev–Trinajstić information content (AvgIpc) is 2.99. The molecule has 120 valence electrons. The van der Waals surface area contributed by atoms with Gasteiger partial charge in [0.1, 0.15) is 11.4 Å². The van der Waals surface area contributed by atoms with Gasteiger partial charge >= 0.3 is 0 Å². The maximum atomic E-state index is 11.8. The van der Waals surface area contributed by atoms with Crippen LogP contribution in [0.5, 0.6) is 0 Å². The van der Waals surface area contributed by atoms with Crippen molar-refractivity contribution < 1.29 is 14.3 Å². The molecule has 1 heterocycles. The van der Waals surface area contributed by atoms with Crippen molar-refractivity contribution in [1.29, 1.82) is 0 Å². The molecule has 1 aliphatic rings. The largest absolute Gasteiger partial charge is 0.385 e. The number of carbonyl (C=O) groups excluding carboxylic acids is 1. The Morgan fingerprint density at radius 3 is 3.04 bits per heavy atom. The Bertz CT molecular complexity index is 760. The topological polar surface area (TPSA) is 89.6 Å². The zero-order valence-electron chi connectivity index (χ0n) is 11.9. The molecule has 0 atom stereocenters. The highest BCUT2D eigenvalue weighted by atomic mass is 35.5. The molecular weight excluding hydrogens is 343 g/mol. The molecule has 2 aromatic rings. The molecule has 0 radical (unpaired) electrons. The van der Waals surface area contributed by atoms with Crippen molar-refractivity contribution in [2.24, 2.45) is 5.16 Å². The van der Waals surface area contributed by atoms with E-state index in [4.69, 9.17) is 28.0 Å². The number of anilines is 1. The number of hydrogen-bond acceptors (Lipinski definition) is 6. The van der Waals surface area contributed by atoms with Crippen LogP contribution in [0.4, 0.5) is 5.69 Å². The van der Waals surface area contributed by atoms with Crippen LogP contribution in [0.2, 0.25) is 10.0 Å². The van der Waals surface area contributed by atoms with E-state index in [-0.39, 0.29) is 12.5 Å². The van der Waals surface area contributed by atoms with Gasteiger partial charge in [0.05, 0.1) is 10.7 Å². The van der Waals surface area contributed by atoms with Crippen LogP contribution in [-0.2, 0) is 16.1 Å². The van der Waals surface area contributed by atoms with Gasteiger partial charge in [-0.2, -0.15) is 0 Å². The summed E-state index contributed by atoms with van der Waals surface area (Å²) in [6, 6.07) is 4.79. The average molecular weight is 355 g/mol. The summed E-state index contributed by atoms with van der Waals surface area (Å²) in [5.74, 6) is -0.382. The van der Waals surface area contributed by atoms with Gasteiger partial charge in [0.2, 0.25) is 0 Å². The van der Waals surface area contributed by atoms with E-state index >= 15 is 0 Å². The van der Waals surface area contributed by atoms with Gasteiger partial charge in [-0.05, 0) is 42.6 Å². The van der Waals surface area contributed by atoms with Crippen LogP contribution >= 0.6 is 23.2 Å². The van der Waals surface area contributed by atoms with E-state index in [1.807, 2.05) is 0 Å². The molecule has 1 aliphatic carbocycles. The van der Waals surface area contributed by atoms with E-state index in [0.717, 1.165) is 18.5 Å². The fourth-order valence-electron chi connectivity index (χ4n) is 2.17. The molecular formula is C14H12Cl2N4O3. The van der Waals surface area contributed by atoms with E-state index < -0.39 is 0 Å². The summed E-state index contributed by atoms with van der Waals surface area (Å²) >= 11 is 11.8. The van der Waals surface area contributed by atoms with Crippen molar-refractivity contribution in [2.45, 2.75) is 19.3 Å². The highest BCUT2D eigenvalue weighted by Gasteiger charge is 2.21. The maximum Gasteiger partial charge on any atom is 0.265 e. The van der Waals surface area contributed by atoms with E-state index in [1.165, 1.54) is 0 Å². The smallest absolute Gasteiger partial charge is 0.265 e. The van der Waals surface area contributed by atoms with Crippen LogP contribution < -0.4 is 5.32 Å². The molecule has 23 heavy (non-hydrogen) atoms. The SMILES string of the molecule is O=C(CO/N=C1/CCCc2nonc21)Nc1ccc(Cl)cc1Cl. The predicted octanol–water partition coefficient (Wildman–Crippen LogP) is 3.07. The highest BCUT2D eigenvalue weighted by Crippen LogP contribution is 2.25. The standard InChI is InChI=1S/C14H12Cl2N4O3/c15-8-4-5-10(9(16)6-8)17-13(21)7-22-18-11-2-1-3-12-14(11)20-23-19-12/h4-6H,1-3,7H2,(H,17,21)/b18-11-. The van der Waals surface area contributed by atoms with Crippen molar-refractivity contribution in [3.63, 3.8) is 0 Å². The summed E-state index contributed by atoms with van der Waals surface area (Å²) < 4.78 is 4.69. The number of carbonyl (C=O) groups is 1. The van der Waals surface area contributed by atoms with Crippen molar-refractivity contribution in [2.75, 3.05) is 11.9 Å². The predicted molar refractivity (Wildman–Crippen MR) is 84.8 cm³/mol. The first-order valence-corrected chi connectivity index (χ1v) is 7.64. The molecule has 3 rings (SSSR count). The van der Waals surface area contributed by atoms with Crippen LogP contribution in [0, 0.1) is 0 Å². The second kappa shape index (κ2) is 6.97. The summed E-state index contributed by atoms with van der Waals surface area (Å²) in [7, 11) is 0. The van der Waals surface area contributed by atoms with Gasteiger partial charge in [-0.15, -0.1) is 0 Å². The Labute approximate surface area is 141 Å². The molecule has 0 spiro atoms. The van der Waals surface area contributed by atoms with Crippen LogP contribution in [0.25, 0.3) is 0 Å². The highest BCUT2D eigenvalue weighted by molar-refractivity contribution is 6.36. The zero-order valence-corrected chi connectivity index (χ0v) is 13.4. The first-order chi connectivity index (χ1) is 11.1. The monoisotopic (exact) mass is 354 g/mol. The molecule has 9 heteroatoms. The molecule has 0 saturated carbocycles. The molecule has 1 aromatic carbocycles. The fourth-order valence-corrected chi connectivity index (χ4v) is 2.62. The Morgan fingerprint density at radius 1 is 1.35 bits per heavy atom. The number of fused-ring (bicyclic) bond motifs is 1. The van der Waals surface area contributed by atoms with E-state index in [9.17, 15) is 4.79 Å². The molecule has 7 nitrogen and oxygen atoms in total. The summed E-state index contributed by atoms with van der Waals surface area (Å²) in [5, 5.41) is 15.0. The third-order valence-electron chi connectivity index (χ3n) is 3.23. The number of nitrogens with zero attached hydrogens (tertiary/aromatic N) is 3. The lowest BCUT2D eigenvalue weighted by atomic mass is 9.99. The summed E-state index contributed by atoms with van der Waals surface area (Å²) in [5.41, 5.74) is 2.44. The molecule has 0 aliphatic heterocycles. The van der Waals surface area contributed by atoms with Gasteiger partial charge in [-0.25, -0.2) is 4.63 Å². The minimum absolute atomic E-state index is 0.247. The second-order valence-corrected chi connectivity index (χ2v) is 5.74. The van der Waals surface area contributed by atoms with Crippen molar-refractivity contribution in [3.8, 4) is 0 Å². The third-order valence-corrected chi connectivity index (χ3v) is 3.78. The van der Waals surface area contributed by atoms with Crippen molar-refractivity contribution in [3.05, 3.63) is 39.6 Å². The normalized spacial score (nSPS) is 15.3. The van der Waals surface area contributed by atoms with Crippen LogP contribution in [0.3, 0.4) is 0 Å². The Kier molecular flexibility index (Phi) is 4.78. The molecule has 0 unspecified atom stereocenters. The van der Waals surface area contributed by atoms with E-state index in [0.29, 0.717) is 33.6 Å². The van der Waals surface area contributed by atoms with Crippen LogP contribution in [0.15, 0.2) is 28.0 Å². The Morgan fingerprint density at radius 2 is 2.22 bits per heavy atom. The molecule has 1 N–H and O–H groups in total. The number of halogens is 2. The number of nitrogens with one attached hydrogen (secondary N) is 1. The number of rotatable bonds is 4. The lowest BCUT2D eigenvalue weighted by Crippen LogP contribution is -2.18. The lowest BCUT2D eigenvalue weighted by Gasteiger charge is -2.10. The number of hydrogen-bond donors (Lipinski definition) is 1. The molecule has 0 fully saturated rings. The Balaban J connectivity index is 1.57. The van der Waals surface area contributed by atoms with Gasteiger partial charge in [0, 0.05) is 5.02 Å². The second-order valence-electron chi connectivity index (χ2n) is 4.90. The number of amides is 1. The maximum absolute atomic E-state index is 11.8. The quantitative estimate of drug-likeness (QED) is 0.852. The lowest BCUT2D eigenvalue weighted by molar-refractivity contribution is -0.120. The van der Waals surface area contributed by atoms with Crippen molar-refractivity contribution >= 4 is 40.5 Å². The van der Waals surface area contributed by atoms with Crippen molar-refractivity contribution in [1.82, 2.24) is 10.3 Å². The van der Waals surface area contributed by atoms with Gasteiger partial charge in [-0.1, -0.05) is 33.5 Å². The van der Waals surface area contributed by atoms with Crippen LogP contribution in [0.1, 0.15) is 24.2 Å². The van der Waals surface area contributed by atoms with Gasteiger partial charge in [0.15, 0.2) is 12.3 Å². The molecule has 0 saturated heterocycles. The van der Waals surface area contributed by atoms with Gasteiger partial charge < -0.3 is 10.2 Å². The zero-order chi connectivity index (χ0) is 16.2. The van der Waals surface area contributed by atoms with E-state index in [1.54, 1.807) is 18.2 Å². The molecule has 1 amide bonds. The number of aromatic nitrogens is 2. The van der Waals surface area contributed by atoms with Crippen LogP contribution in [-0.4, -0.2) is 28.5 Å². The molecule has 0 bridgehead atoms. The molecule has 1 aromatic heterocycles. The third kappa shape index (κ3) is 3.80. The fraction of sp³-hybridized carbons (Fsp3) is 0.286. The van der Waals surface area contributed by atoms with E-state index in [2.05, 4.69) is 25.4 Å². The number of benzene rings is 1. The van der Waals surface area contributed by atoms with Gasteiger partial charge in [-0.3, -0.25) is 4.79 Å². The minimum Gasteiger partial charge on any atom is -0.385 e. The first kappa shape index (κ1) is 15.8. The van der Waals surface area contributed by atoms with Gasteiger partial charge in [0.25, 0.3) is 5.91 Å². The number of aryl methyl sites for hydroxylation is 1.